The van der Waals surface area contributed by atoms with E-state index in [0.717, 1.165) is 43.2 Å². The molecular formula is C20H30N4O2S. The molecule has 0 saturated carbocycles. The summed E-state index contributed by atoms with van der Waals surface area (Å²) >= 11 is 1.78. The Bertz CT molecular complexity index is 758. The number of benzene rings is 1. The number of hydrogen-bond acceptors (Lipinski definition) is 5. The summed E-state index contributed by atoms with van der Waals surface area (Å²) in [6, 6.07) is 5.86. The molecule has 1 aromatic carbocycles. The van der Waals surface area contributed by atoms with Crippen LogP contribution in [0.25, 0.3) is 0 Å². The Labute approximate surface area is 166 Å². The van der Waals surface area contributed by atoms with Crippen LogP contribution in [0.3, 0.4) is 0 Å². The Morgan fingerprint density at radius 1 is 1.15 bits per heavy atom. The molecule has 0 radical (unpaired) electrons. The molecule has 0 fully saturated rings. The maximum Gasteiger partial charge on any atom is 0.191 e. The zero-order valence-corrected chi connectivity index (χ0v) is 17.7. The number of thiazole rings is 1. The van der Waals surface area contributed by atoms with Gasteiger partial charge in [-0.25, -0.2) is 9.98 Å². The molecule has 2 rings (SSSR count). The number of guanidine groups is 1. The zero-order chi connectivity index (χ0) is 19.6. The quantitative estimate of drug-likeness (QED) is 0.508. The van der Waals surface area contributed by atoms with Crippen molar-refractivity contribution in [3.8, 4) is 11.5 Å². The van der Waals surface area contributed by atoms with E-state index in [0.29, 0.717) is 12.3 Å². The van der Waals surface area contributed by atoms with Crippen molar-refractivity contribution in [2.24, 2.45) is 4.99 Å². The summed E-state index contributed by atoms with van der Waals surface area (Å²) < 4.78 is 10.6. The first-order valence-electron chi connectivity index (χ1n) is 9.29. The van der Waals surface area contributed by atoms with Crippen LogP contribution in [0, 0.1) is 6.92 Å². The summed E-state index contributed by atoms with van der Waals surface area (Å²) in [6.07, 6.45) is 1.89. The van der Waals surface area contributed by atoms with E-state index in [1.165, 1.54) is 15.6 Å². The van der Waals surface area contributed by atoms with E-state index in [1.54, 1.807) is 25.6 Å². The van der Waals surface area contributed by atoms with Crippen molar-refractivity contribution in [1.29, 1.82) is 0 Å². The van der Waals surface area contributed by atoms with Crippen LogP contribution in [0.1, 0.15) is 35.0 Å². The molecule has 0 aliphatic carbocycles. The van der Waals surface area contributed by atoms with Gasteiger partial charge in [-0.3, -0.25) is 0 Å². The van der Waals surface area contributed by atoms with Crippen LogP contribution < -0.4 is 20.1 Å². The third-order valence-electron chi connectivity index (χ3n) is 4.12. The van der Waals surface area contributed by atoms with Crippen LogP contribution >= 0.6 is 11.3 Å². The Balaban J connectivity index is 1.95. The van der Waals surface area contributed by atoms with Crippen LogP contribution in [-0.2, 0) is 19.4 Å². The van der Waals surface area contributed by atoms with Gasteiger partial charge in [-0.15, -0.1) is 11.3 Å². The van der Waals surface area contributed by atoms with Gasteiger partial charge in [0.15, 0.2) is 17.5 Å². The fourth-order valence-electron chi connectivity index (χ4n) is 2.70. The van der Waals surface area contributed by atoms with E-state index < -0.39 is 0 Å². The van der Waals surface area contributed by atoms with Gasteiger partial charge in [-0.05, 0) is 38.0 Å². The molecule has 0 amide bonds. The smallest absolute Gasteiger partial charge is 0.191 e. The highest BCUT2D eigenvalue weighted by molar-refractivity contribution is 7.11. The van der Waals surface area contributed by atoms with Gasteiger partial charge in [0, 0.05) is 24.4 Å². The van der Waals surface area contributed by atoms with Crippen LogP contribution in [0.5, 0.6) is 11.5 Å². The van der Waals surface area contributed by atoms with Crippen molar-refractivity contribution in [2.45, 2.75) is 40.2 Å². The third-order valence-corrected chi connectivity index (χ3v) is 5.19. The molecule has 2 N–H and O–H groups in total. The minimum Gasteiger partial charge on any atom is -0.493 e. The first-order chi connectivity index (χ1) is 13.1. The Morgan fingerprint density at radius 3 is 2.56 bits per heavy atom. The molecule has 27 heavy (non-hydrogen) atoms. The van der Waals surface area contributed by atoms with Crippen molar-refractivity contribution < 1.29 is 9.47 Å². The number of aliphatic imine (C=N–C) groups is 1. The maximum absolute atomic E-state index is 5.36. The first-order valence-corrected chi connectivity index (χ1v) is 10.1. The number of aryl methyl sites for hydroxylation is 2. The van der Waals surface area contributed by atoms with Gasteiger partial charge in [0.05, 0.1) is 31.5 Å². The molecular weight excluding hydrogens is 360 g/mol. The van der Waals surface area contributed by atoms with Crippen molar-refractivity contribution in [2.75, 3.05) is 27.3 Å². The summed E-state index contributed by atoms with van der Waals surface area (Å²) in [6.45, 7) is 8.52. The van der Waals surface area contributed by atoms with Crippen LogP contribution in [-0.4, -0.2) is 38.3 Å². The summed E-state index contributed by atoms with van der Waals surface area (Å²) in [5.74, 6) is 2.24. The zero-order valence-electron chi connectivity index (χ0n) is 16.9. The predicted octanol–water partition coefficient (Wildman–Crippen LogP) is 3.33. The number of aromatic nitrogens is 1. The monoisotopic (exact) mass is 390 g/mol. The van der Waals surface area contributed by atoms with Crippen molar-refractivity contribution in [3.05, 3.63) is 39.3 Å². The third kappa shape index (κ3) is 6.13. The lowest BCUT2D eigenvalue weighted by Gasteiger charge is -2.11. The molecule has 0 atom stereocenters. The first kappa shape index (κ1) is 21.0. The summed E-state index contributed by atoms with van der Waals surface area (Å²) in [5.41, 5.74) is 2.28. The highest BCUT2D eigenvalue weighted by atomic mass is 32.1. The Morgan fingerprint density at radius 2 is 1.93 bits per heavy atom. The minimum atomic E-state index is 0.562. The number of methoxy groups -OCH3 is 2. The molecule has 1 aromatic heterocycles. The molecule has 148 valence electrons. The number of ether oxygens (including phenoxy) is 2. The van der Waals surface area contributed by atoms with Gasteiger partial charge in [0.1, 0.15) is 0 Å². The fourth-order valence-corrected chi connectivity index (χ4v) is 3.72. The lowest BCUT2D eigenvalue weighted by molar-refractivity contribution is 0.354. The Kier molecular flexibility index (Phi) is 8.39. The lowest BCUT2D eigenvalue weighted by Crippen LogP contribution is -2.38. The minimum absolute atomic E-state index is 0.562. The van der Waals surface area contributed by atoms with E-state index >= 15 is 0 Å². The Hall–Kier alpha value is -2.28. The highest BCUT2D eigenvalue weighted by Crippen LogP contribution is 2.27. The lowest BCUT2D eigenvalue weighted by atomic mass is 10.2. The van der Waals surface area contributed by atoms with Crippen LogP contribution in [0.2, 0.25) is 0 Å². The summed E-state index contributed by atoms with van der Waals surface area (Å²) in [4.78, 5) is 10.7. The molecule has 0 aliphatic heterocycles. The maximum atomic E-state index is 5.36. The summed E-state index contributed by atoms with van der Waals surface area (Å²) in [7, 11) is 3.27. The van der Waals surface area contributed by atoms with Crippen LogP contribution in [0.15, 0.2) is 23.2 Å². The van der Waals surface area contributed by atoms with Crippen molar-refractivity contribution in [3.63, 3.8) is 0 Å². The standard InChI is InChI=1S/C20H30N4O2S/c1-6-16-14(3)27-19(24-16)10-11-22-20(21-7-2)23-13-15-8-9-17(25-4)18(12-15)26-5/h8-9,12H,6-7,10-11,13H2,1-5H3,(H2,21,22,23). The van der Waals surface area contributed by atoms with Gasteiger partial charge in [-0.2, -0.15) is 0 Å². The molecule has 0 aliphatic rings. The normalized spacial score (nSPS) is 11.4. The topological polar surface area (TPSA) is 67.8 Å². The van der Waals surface area contributed by atoms with Gasteiger partial charge >= 0.3 is 0 Å². The van der Waals surface area contributed by atoms with Gasteiger partial charge in [-0.1, -0.05) is 13.0 Å². The molecule has 6 nitrogen and oxygen atoms in total. The van der Waals surface area contributed by atoms with Gasteiger partial charge in [0.2, 0.25) is 0 Å². The molecule has 0 bridgehead atoms. The average Bonchev–Trinajstić information content (AvgIpc) is 3.05. The molecule has 7 heteroatoms. The molecule has 0 unspecified atom stereocenters. The van der Waals surface area contributed by atoms with E-state index in [4.69, 9.17) is 14.5 Å². The highest BCUT2D eigenvalue weighted by Gasteiger charge is 2.07. The van der Waals surface area contributed by atoms with Gasteiger partial charge in [0.25, 0.3) is 0 Å². The number of nitrogens with zero attached hydrogens (tertiary/aromatic N) is 2. The fraction of sp³-hybridized carbons (Fsp3) is 0.500. The SMILES string of the molecule is CCNC(=NCc1ccc(OC)c(OC)c1)NCCc1nc(CC)c(C)s1. The second-order valence-electron chi connectivity index (χ2n) is 6.03. The number of hydrogen-bond donors (Lipinski definition) is 2. The second kappa shape index (κ2) is 10.8. The number of rotatable bonds is 9. The van der Waals surface area contributed by atoms with Crippen LogP contribution in [0.4, 0.5) is 0 Å². The number of nitrogens with one attached hydrogen (secondary N) is 2. The van der Waals surface area contributed by atoms with Gasteiger partial charge < -0.3 is 20.1 Å². The predicted molar refractivity (Wildman–Crippen MR) is 112 cm³/mol. The average molecular weight is 391 g/mol. The second-order valence-corrected chi connectivity index (χ2v) is 7.31. The van der Waals surface area contributed by atoms with E-state index in [9.17, 15) is 0 Å². The van der Waals surface area contributed by atoms with E-state index in [2.05, 4.69) is 36.4 Å². The molecule has 2 aromatic rings. The van der Waals surface area contributed by atoms with Crippen molar-refractivity contribution >= 4 is 17.3 Å². The molecule has 0 saturated heterocycles. The van der Waals surface area contributed by atoms with E-state index in [1.807, 2.05) is 18.2 Å². The van der Waals surface area contributed by atoms with Crippen molar-refractivity contribution in [1.82, 2.24) is 15.6 Å². The molecule has 1 heterocycles. The largest absolute Gasteiger partial charge is 0.493 e. The van der Waals surface area contributed by atoms with E-state index in [-0.39, 0.29) is 0 Å². The summed E-state index contributed by atoms with van der Waals surface area (Å²) in [5, 5.41) is 7.84. The molecule has 0 spiro atoms.